The second-order valence-corrected chi connectivity index (χ2v) is 2.91. The molecule has 0 aromatic carbocycles. The first-order chi connectivity index (χ1) is 4.18. The summed E-state index contributed by atoms with van der Waals surface area (Å²) in [4.78, 5) is 0. The molecule has 2 unspecified atom stereocenters. The summed E-state index contributed by atoms with van der Waals surface area (Å²) in [5, 5.41) is 3.10. The number of nitrogens with two attached hydrogens (primary N) is 2. The van der Waals surface area contributed by atoms with Crippen LogP contribution in [0.5, 0.6) is 0 Å². The number of rotatable bonds is 0. The van der Waals surface area contributed by atoms with E-state index in [1.54, 1.807) is 0 Å². The lowest BCUT2D eigenvalue weighted by atomic mass is 10.1. The summed E-state index contributed by atoms with van der Waals surface area (Å²) in [6.07, 6.45) is 5.30. The summed E-state index contributed by atoms with van der Waals surface area (Å²) >= 11 is 0. The molecule has 2 atom stereocenters. The maximum Gasteiger partial charge on any atom is 0.125 e. The van der Waals surface area contributed by atoms with E-state index in [9.17, 15) is 0 Å². The normalized spacial score (nSPS) is 44.2. The summed E-state index contributed by atoms with van der Waals surface area (Å²) in [6.45, 7) is 0. The van der Waals surface area contributed by atoms with Gasteiger partial charge in [-0.25, -0.2) is 0 Å². The molecule has 1 saturated heterocycles. The summed E-state index contributed by atoms with van der Waals surface area (Å²) in [6, 6.07) is 0.435. The van der Waals surface area contributed by atoms with Crippen LogP contribution in [0.4, 0.5) is 0 Å². The number of hydrogen-bond donors (Lipinski definition) is 3. The molecule has 2 bridgehead atoms. The molecule has 1 heterocycles. The summed E-state index contributed by atoms with van der Waals surface area (Å²) < 4.78 is 0. The van der Waals surface area contributed by atoms with Crippen LogP contribution < -0.4 is 16.8 Å². The Balaban J connectivity index is 2.29. The van der Waals surface area contributed by atoms with E-state index in [0.717, 1.165) is 6.42 Å². The van der Waals surface area contributed by atoms with E-state index < -0.39 is 5.79 Å². The fourth-order valence-corrected chi connectivity index (χ4v) is 1.59. The van der Waals surface area contributed by atoms with E-state index in [1.807, 2.05) is 0 Å². The first-order valence-corrected chi connectivity index (χ1v) is 3.22. The Bertz CT molecular complexity index is 162. The summed E-state index contributed by atoms with van der Waals surface area (Å²) in [7, 11) is 0. The average molecular weight is 125 g/mol. The number of hydrogen-bond acceptors (Lipinski definition) is 3. The first-order valence-electron chi connectivity index (χ1n) is 3.22. The minimum absolute atomic E-state index is 0.350. The van der Waals surface area contributed by atoms with Crippen molar-refractivity contribution in [1.29, 1.82) is 0 Å². The van der Waals surface area contributed by atoms with Gasteiger partial charge in [-0.2, -0.15) is 0 Å². The second kappa shape index (κ2) is 1.37. The minimum Gasteiger partial charge on any atom is -0.301 e. The van der Waals surface area contributed by atoms with Gasteiger partial charge in [0.1, 0.15) is 5.79 Å². The lowest BCUT2D eigenvalue weighted by Crippen LogP contribution is -2.63. The van der Waals surface area contributed by atoms with E-state index in [0.29, 0.717) is 12.0 Å². The maximum atomic E-state index is 5.68. The van der Waals surface area contributed by atoms with Crippen molar-refractivity contribution in [3.8, 4) is 0 Å². The van der Waals surface area contributed by atoms with Crippen molar-refractivity contribution < 1.29 is 0 Å². The van der Waals surface area contributed by atoms with E-state index >= 15 is 0 Å². The van der Waals surface area contributed by atoms with Gasteiger partial charge in [-0.15, -0.1) is 0 Å². The highest BCUT2D eigenvalue weighted by atomic mass is 15.3. The Labute approximate surface area is 54.1 Å². The van der Waals surface area contributed by atoms with Crippen LogP contribution in [0.1, 0.15) is 6.42 Å². The molecule has 0 spiro atoms. The molecule has 50 valence electrons. The fraction of sp³-hybridized carbons (Fsp3) is 0.667. The van der Waals surface area contributed by atoms with Crippen LogP contribution in [0, 0.1) is 5.92 Å². The molecule has 3 nitrogen and oxygen atoms in total. The van der Waals surface area contributed by atoms with Crippen LogP contribution in [0.3, 0.4) is 0 Å². The van der Waals surface area contributed by atoms with Gasteiger partial charge in [0.25, 0.3) is 0 Å². The third kappa shape index (κ3) is 0.625. The molecular weight excluding hydrogens is 114 g/mol. The van der Waals surface area contributed by atoms with E-state index in [-0.39, 0.29) is 0 Å². The molecule has 0 aromatic heterocycles. The monoisotopic (exact) mass is 125 g/mol. The lowest BCUT2D eigenvalue weighted by molar-refractivity contribution is 0.330. The molecule has 2 aliphatic rings. The Morgan fingerprint density at radius 2 is 2.22 bits per heavy atom. The molecule has 0 saturated carbocycles. The van der Waals surface area contributed by atoms with Crippen molar-refractivity contribution >= 4 is 0 Å². The van der Waals surface area contributed by atoms with E-state index in [4.69, 9.17) is 11.5 Å². The maximum absolute atomic E-state index is 5.68. The molecule has 1 fully saturated rings. The average Bonchev–Trinajstić information content (AvgIpc) is 2.19. The topological polar surface area (TPSA) is 64.1 Å². The molecule has 0 radical (unpaired) electrons. The Hall–Kier alpha value is -0.380. The van der Waals surface area contributed by atoms with Gasteiger partial charge in [0, 0.05) is 12.0 Å². The van der Waals surface area contributed by atoms with Crippen LogP contribution in [-0.2, 0) is 0 Å². The van der Waals surface area contributed by atoms with Crippen LogP contribution in [-0.4, -0.2) is 11.8 Å². The zero-order valence-corrected chi connectivity index (χ0v) is 5.17. The van der Waals surface area contributed by atoms with Crippen molar-refractivity contribution in [3.05, 3.63) is 12.2 Å². The predicted molar refractivity (Wildman–Crippen MR) is 35.3 cm³/mol. The molecule has 9 heavy (non-hydrogen) atoms. The highest BCUT2D eigenvalue weighted by molar-refractivity contribution is 5.18. The smallest absolute Gasteiger partial charge is 0.125 e. The lowest BCUT2D eigenvalue weighted by Gasteiger charge is -2.26. The highest BCUT2D eigenvalue weighted by Gasteiger charge is 2.42. The number of fused-ring (bicyclic) bond motifs is 2. The van der Waals surface area contributed by atoms with Gasteiger partial charge in [0.2, 0.25) is 0 Å². The Morgan fingerprint density at radius 1 is 1.44 bits per heavy atom. The molecule has 1 aliphatic heterocycles. The Kier molecular flexibility index (Phi) is 0.822. The minimum atomic E-state index is -0.626. The molecular formula is C6H11N3. The Morgan fingerprint density at radius 3 is 2.44 bits per heavy atom. The van der Waals surface area contributed by atoms with Crippen molar-refractivity contribution in [2.45, 2.75) is 18.2 Å². The molecule has 0 aromatic rings. The van der Waals surface area contributed by atoms with Gasteiger partial charge in [0.05, 0.1) is 0 Å². The third-order valence-corrected chi connectivity index (χ3v) is 2.13. The second-order valence-electron chi connectivity index (χ2n) is 2.91. The predicted octanol–water partition coefficient (Wildman–Crippen LogP) is -0.895. The van der Waals surface area contributed by atoms with Gasteiger partial charge < -0.3 is 11.5 Å². The highest BCUT2D eigenvalue weighted by Crippen LogP contribution is 2.30. The van der Waals surface area contributed by atoms with Crippen LogP contribution in [0.2, 0.25) is 0 Å². The fourth-order valence-electron chi connectivity index (χ4n) is 1.59. The van der Waals surface area contributed by atoms with E-state index in [1.165, 1.54) is 0 Å². The van der Waals surface area contributed by atoms with Crippen LogP contribution >= 0.6 is 0 Å². The summed E-state index contributed by atoms with van der Waals surface area (Å²) in [5.74, 6) is -0.276. The van der Waals surface area contributed by atoms with Crippen molar-refractivity contribution in [3.63, 3.8) is 0 Å². The van der Waals surface area contributed by atoms with Gasteiger partial charge in [-0.1, -0.05) is 12.2 Å². The van der Waals surface area contributed by atoms with Crippen LogP contribution in [0.25, 0.3) is 0 Å². The summed E-state index contributed by atoms with van der Waals surface area (Å²) in [5.41, 5.74) is 11.4. The third-order valence-electron chi connectivity index (χ3n) is 2.13. The molecule has 3 heteroatoms. The quantitative estimate of drug-likeness (QED) is 0.290. The standard InChI is InChI=1S/C6H11N3/c7-6(8)4-1-2-5(3-4)9-6/h1-2,4-5,9H,3,7-8H2. The van der Waals surface area contributed by atoms with Crippen molar-refractivity contribution in [1.82, 2.24) is 5.32 Å². The van der Waals surface area contributed by atoms with E-state index in [2.05, 4.69) is 17.5 Å². The van der Waals surface area contributed by atoms with Gasteiger partial charge in [-0.05, 0) is 6.42 Å². The van der Waals surface area contributed by atoms with Crippen molar-refractivity contribution in [2.24, 2.45) is 17.4 Å². The van der Waals surface area contributed by atoms with Crippen LogP contribution in [0.15, 0.2) is 12.2 Å². The SMILES string of the molecule is NC1(N)NC2C=CC1C2. The van der Waals surface area contributed by atoms with Gasteiger partial charge >= 0.3 is 0 Å². The van der Waals surface area contributed by atoms with Gasteiger partial charge in [0.15, 0.2) is 0 Å². The molecule has 2 rings (SSSR count). The molecule has 1 aliphatic carbocycles. The zero-order chi connectivity index (χ0) is 6.48. The molecule has 5 N–H and O–H groups in total. The largest absolute Gasteiger partial charge is 0.301 e. The number of nitrogens with one attached hydrogen (secondary N) is 1. The zero-order valence-electron chi connectivity index (χ0n) is 5.17. The first kappa shape index (κ1) is 5.41. The molecule has 0 amide bonds. The van der Waals surface area contributed by atoms with Crippen molar-refractivity contribution in [2.75, 3.05) is 0 Å². The van der Waals surface area contributed by atoms with Gasteiger partial charge in [-0.3, -0.25) is 5.32 Å².